The van der Waals surface area contributed by atoms with Crippen molar-refractivity contribution in [3.8, 4) is 5.75 Å². The van der Waals surface area contributed by atoms with Crippen LogP contribution in [0.3, 0.4) is 0 Å². The molecule has 0 aliphatic heterocycles. The van der Waals surface area contributed by atoms with E-state index in [1.165, 1.54) is 31.4 Å². The highest BCUT2D eigenvalue weighted by atomic mass is 35.5. The summed E-state index contributed by atoms with van der Waals surface area (Å²) >= 11 is 5.63. The summed E-state index contributed by atoms with van der Waals surface area (Å²) in [6.45, 7) is -0.243. The van der Waals surface area contributed by atoms with Crippen LogP contribution in [0.5, 0.6) is 5.75 Å². The number of halogens is 2. The lowest BCUT2D eigenvalue weighted by Crippen LogP contribution is -2.20. The van der Waals surface area contributed by atoms with Crippen LogP contribution in [0.25, 0.3) is 0 Å². The van der Waals surface area contributed by atoms with Crippen molar-refractivity contribution in [3.63, 3.8) is 0 Å². The average molecular weight is 338 g/mol. The lowest BCUT2D eigenvalue weighted by Gasteiger charge is -2.08. The van der Waals surface area contributed by atoms with E-state index in [0.717, 1.165) is 6.07 Å². The Balaban J connectivity index is 1.88. The molecule has 0 atom stereocenters. The molecule has 2 aromatic rings. The van der Waals surface area contributed by atoms with Gasteiger partial charge in [-0.1, -0.05) is 11.6 Å². The van der Waals surface area contributed by atoms with E-state index in [0.29, 0.717) is 17.0 Å². The van der Waals surface area contributed by atoms with Crippen molar-refractivity contribution < 1.29 is 23.5 Å². The van der Waals surface area contributed by atoms with Crippen molar-refractivity contribution in [1.82, 2.24) is 0 Å². The first kappa shape index (κ1) is 16.8. The Bertz CT molecular complexity index is 719. The quantitative estimate of drug-likeness (QED) is 0.850. The van der Waals surface area contributed by atoms with Gasteiger partial charge in [0.1, 0.15) is 11.6 Å². The van der Waals surface area contributed by atoms with E-state index in [1.54, 1.807) is 12.1 Å². The van der Waals surface area contributed by atoms with Crippen LogP contribution in [0.1, 0.15) is 10.4 Å². The zero-order chi connectivity index (χ0) is 16.8. The minimum atomic E-state index is -0.563. The van der Waals surface area contributed by atoms with Gasteiger partial charge in [-0.05, 0) is 42.5 Å². The molecule has 7 heteroatoms. The van der Waals surface area contributed by atoms with Crippen molar-refractivity contribution in [2.24, 2.45) is 0 Å². The van der Waals surface area contributed by atoms with E-state index in [9.17, 15) is 14.0 Å². The molecule has 0 fully saturated rings. The SMILES string of the molecule is COC(=O)c1ccc(OCC(=O)Nc2ccc(F)c(Cl)c2)cc1. The first-order valence-electron chi connectivity index (χ1n) is 6.55. The maximum Gasteiger partial charge on any atom is 0.337 e. The normalized spacial score (nSPS) is 10.0. The zero-order valence-electron chi connectivity index (χ0n) is 12.1. The highest BCUT2D eigenvalue weighted by molar-refractivity contribution is 6.31. The Morgan fingerprint density at radius 3 is 2.48 bits per heavy atom. The van der Waals surface area contributed by atoms with Gasteiger partial charge in [0.15, 0.2) is 6.61 Å². The van der Waals surface area contributed by atoms with Crippen LogP contribution >= 0.6 is 11.6 Å². The Morgan fingerprint density at radius 2 is 1.87 bits per heavy atom. The van der Waals surface area contributed by atoms with E-state index in [4.69, 9.17) is 16.3 Å². The molecule has 5 nitrogen and oxygen atoms in total. The third kappa shape index (κ3) is 4.69. The Labute approximate surface area is 137 Å². The number of benzene rings is 2. The second kappa shape index (κ2) is 7.60. The molecule has 0 bridgehead atoms. The summed E-state index contributed by atoms with van der Waals surface area (Å²) in [5, 5.41) is 2.45. The second-order valence-corrected chi connectivity index (χ2v) is 4.89. The van der Waals surface area contributed by atoms with Gasteiger partial charge in [-0.2, -0.15) is 0 Å². The molecule has 1 amide bonds. The molecule has 0 unspecified atom stereocenters. The molecule has 0 aliphatic rings. The van der Waals surface area contributed by atoms with Crippen LogP contribution in [0.2, 0.25) is 5.02 Å². The maximum absolute atomic E-state index is 13.0. The fraction of sp³-hybridized carbons (Fsp3) is 0.125. The van der Waals surface area contributed by atoms with Gasteiger partial charge in [0.2, 0.25) is 0 Å². The van der Waals surface area contributed by atoms with E-state index in [2.05, 4.69) is 10.1 Å². The highest BCUT2D eigenvalue weighted by Crippen LogP contribution is 2.19. The predicted molar refractivity (Wildman–Crippen MR) is 83.3 cm³/mol. The van der Waals surface area contributed by atoms with Crippen molar-refractivity contribution in [3.05, 3.63) is 58.9 Å². The molecule has 0 radical (unpaired) electrons. The summed E-state index contributed by atoms with van der Waals surface area (Å²) in [6, 6.07) is 10.0. The van der Waals surface area contributed by atoms with Crippen LogP contribution < -0.4 is 10.1 Å². The van der Waals surface area contributed by atoms with Crippen molar-refractivity contribution in [2.75, 3.05) is 19.0 Å². The number of rotatable bonds is 5. The number of hydrogen-bond donors (Lipinski definition) is 1. The molecule has 1 N–H and O–H groups in total. The zero-order valence-corrected chi connectivity index (χ0v) is 12.9. The molecule has 0 saturated carbocycles. The average Bonchev–Trinajstić information content (AvgIpc) is 2.56. The third-order valence-electron chi connectivity index (χ3n) is 2.85. The van der Waals surface area contributed by atoms with Crippen molar-refractivity contribution in [1.29, 1.82) is 0 Å². The number of nitrogens with one attached hydrogen (secondary N) is 1. The molecule has 120 valence electrons. The summed E-state index contributed by atoms with van der Waals surface area (Å²) in [7, 11) is 1.29. The number of esters is 1. The van der Waals surface area contributed by atoms with Gasteiger partial charge >= 0.3 is 5.97 Å². The summed E-state index contributed by atoms with van der Waals surface area (Å²) in [5.74, 6) is -1.02. The second-order valence-electron chi connectivity index (χ2n) is 4.48. The first-order chi connectivity index (χ1) is 11.0. The number of ether oxygens (including phenoxy) is 2. The minimum absolute atomic E-state index is 0.0814. The number of amides is 1. The van der Waals surface area contributed by atoms with Crippen molar-refractivity contribution >= 4 is 29.2 Å². The Kier molecular flexibility index (Phi) is 5.54. The highest BCUT2D eigenvalue weighted by Gasteiger charge is 2.08. The van der Waals surface area contributed by atoms with E-state index in [1.807, 2.05) is 0 Å². The molecule has 23 heavy (non-hydrogen) atoms. The van der Waals surface area contributed by atoms with Crippen LogP contribution in [0.15, 0.2) is 42.5 Å². The lowest BCUT2D eigenvalue weighted by molar-refractivity contribution is -0.118. The van der Waals surface area contributed by atoms with E-state index < -0.39 is 17.7 Å². The largest absolute Gasteiger partial charge is 0.484 e. The predicted octanol–water partition coefficient (Wildman–Crippen LogP) is 3.28. The Hall–Kier alpha value is -2.60. The molecule has 2 rings (SSSR count). The van der Waals surface area contributed by atoms with Crippen molar-refractivity contribution in [2.45, 2.75) is 0 Å². The molecule has 0 aromatic heterocycles. The topological polar surface area (TPSA) is 64.6 Å². The van der Waals surface area contributed by atoms with Gasteiger partial charge in [-0.25, -0.2) is 9.18 Å². The smallest absolute Gasteiger partial charge is 0.337 e. The standard InChI is InChI=1S/C16H13ClFNO4/c1-22-16(21)10-2-5-12(6-3-10)23-9-15(20)19-11-4-7-14(18)13(17)8-11/h2-8H,9H2,1H3,(H,19,20). The summed E-state index contributed by atoms with van der Waals surface area (Å²) in [5.41, 5.74) is 0.747. The fourth-order valence-electron chi connectivity index (χ4n) is 1.72. The van der Waals surface area contributed by atoms with Crippen LogP contribution in [0.4, 0.5) is 10.1 Å². The molecular formula is C16H13ClFNO4. The van der Waals surface area contributed by atoms with Crippen LogP contribution in [-0.4, -0.2) is 25.6 Å². The van der Waals surface area contributed by atoms with Gasteiger partial charge in [-0.3, -0.25) is 4.79 Å². The van der Waals surface area contributed by atoms with Crippen LogP contribution in [-0.2, 0) is 9.53 Å². The van der Waals surface area contributed by atoms with Gasteiger partial charge in [0.25, 0.3) is 5.91 Å². The first-order valence-corrected chi connectivity index (χ1v) is 6.93. The molecule has 0 heterocycles. The molecule has 0 aliphatic carbocycles. The number of methoxy groups -OCH3 is 1. The van der Waals surface area contributed by atoms with E-state index in [-0.39, 0.29) is 11.6 Å². The third-order valence-corrected chi connectivity index (χ3v) is 3.14. The maximum atomic E-state index is 13.0. The van der Waals surface area contributed by atoms with Gasteiger partial charge < -0.3 is 14.8 Å². The summed E-state index contributed by atoms with van der Waals surface area (Å²) in [4.78, 5) is 23.0. The number of hydrogen-bond acceptors (Lipinski definition) is 4. The van der Waals surface area contributed by atoms with Crippen LogP contribution in [0, 0.1) is 5.82 Å². The molecule has 0 saturated heterocycles. The van der Waals surface area contributed by atoms with E-state index >= 15 is 0 Å². The molecule has 2 aromatic carbocycles. The van der Waals surface area contributed by atoms with Gasteiger partial charge in [0.05, 0.1) is 17.7 Å². The Morgan fingerprint density at radius 1 is 1.17 bits per heavy atom. The molecule has 0 spiro atoms. The number of carbonyl (C=O) groups excluding carboxylic acids is 2. The number of carbonyl (C=O) groups is 2. The molecular weight excluding hydrogens is 325 g/mol. The summed E-state index contributed by atoms with van der Waals surface area (Å²) in [6.07, 6.45) is 0. The fourth-order valence-corrected chi connectivity index (χ4v) is 1.91. The number of anilines is 1. The minimum Gasteiger partial charge on any atom is -0.484 e. The van der Waals surface area contributed by atoms with Gasteiger partial charge in [-0.15, -0.1) is 0 Å². The monoisotopic (exact) mass is 337 g/mol. The van der Waals surface area contributed by atoms with Gasteiger partial charge in [0, 0.05) is 5.69 Å². The summed E-state index contributed by atoms with van der Waals surface area (Å²) < 4.78 is 22.9. The lowest BCUT2D eigenvalue weighted by atomic mass is 10.2.